The van der Waals surface area contributed by atoms with E-state index in [0.717, 1.165) is 30.4 Å². The zero-order valence-corrected chi connectivity index (χ0v) is 22.9. The van der Waals surface area contributed by atoms with Crippen molar-refractivity contribution < 1.29 is 43.8 Å². The van der Waals surface area contributed by atoms with E-state index in [1.54, 1.807) is 0 Å². The van der Waals surface area contributed by atoms with Gasteiger partial charge in [-0.3, -0.25) is 4.79 Å². The Kier molecular flexibility index (Phi) is 12.4. The van der Waals surface area contributed by atoms with Crippen LogP contribution in [-0.2, 0) is 41.7 Å². The summed E-state index contributed by atoms with van der Waals surface area (Å²) in [6, 6.07) is 19.4. The first-order chi connectivity index (χ1) is 19.5. The van der Waals surface area contributed by atoms with Crippen molar-refractivity contribution in [3.05, 3.63) is 71.8 Å². The summed E-state index contributed by atoms with van der Waals surface area (Å²) >= 11 is 0. The molecule has 0 spiro atoms. The zero-order chi connectivity index (χ0) is 28.2. The second kappa shape index (κ2) is 16.2. The number of rotatable bonds is 15. The van der Waals surface area contributed by atoms with Crippen molar-refractivity contribution >= 4 is 5.97 Å². The third-order valence-electron chi connectivity index (χ3n) is 7.47. The van der Waals surface area contributed by atoms with E-state index >= 15 is 0 Å². The molecule has 2 aliphatic rings. The van der Waals surface area contributed by atoms with Gasteiger partial charge in [-0.15, -0.1) is 0 Å². The number of ether oxygens (including phenoxy) is 5. The summed E-state index contributed by atoms with van der Waals surface area (Å²) in [7, 11) is 0. The van der Waals surface area contributed by atoms with E-state index in [2.05, 4.69) is 0 Å². The van der Waals surface area contributed by atoms with Crippen molar-refractivity contribution in [2.75, 3.05) is 19.8 Å². The molecule has 1 heterocycles. The molecular weight excluding hydrogens is 516 g/mol. The molecule has 1 saturated heterocycles. The fourth-order valence-electron chi connectivity index (χ4n) is 5.12. The molecular formula is C31H42O9. The van der Waals surface area contributed by atoms with Crippen LogP contribution in [0.1, 0.15) is 49.7 Å². The molecule has 3 N–H and O–H groups in total. The number of aliphatic hydroxyl groups is 3. The van der Waals surface area contributed by atoms with Crippen LogP contribution >= 0.6 is 0 Å². The summed E-state index contributed by atoms with van der Waals surface area (Å²) in [6.45, 7) is 0.724. The lowest BCUT2D eigenvalue weighted by molar-refractivity contribution is -0.317. The monoisotopic (exact) mass is 558 g/mol. The lowest BCUT2D eigenvalue weighted by atomic mass is 9.99. The van der Waals surface area contributed by atoms with E-state index < -0.39 is 36.8 Å². The topological polar surface area (TPSA) is 124 Å². The minimum atomic E-state index is -1.54. The minimum absolute atomic E-state index is 0.135. The van der Waals surface area contributed by atoms with Gasteiger partial charge < -0.3 is 39.0 Å². The highest BCUT2D eigenvalue weighted by atomic mass is 16.7. The van der Waals surface area contributed by atoms with Crippen LogP contribution in [0.5, 0.6) is 0 Å². The van der Waals surface area contributed by atoms with E-state index in [1.807, 2.05) is 60.7 Å². The minimum Gasteiger partial charge on any atom is -0.463 e. The van der Waals surface area contributed by atoms with Crippen LogP contribution in [0.2, 0.25) is 0 Å². The first kappa shape index (κ1) is 30.6. The van der Waals surface area contributed by atoms with Gasteiger partial charge in [0, 0.05) is 6.42 Å². The maximum absolute atomic E-state index is 12.3. The Morgan fingerprint density at radius 1 is 0.825 bits per heavy atom. The number of carbonyl (C=O) groups is 1. The molecule has 0 radical (unpaired) electrons. The third kappa shape index (κ3) is 9.62. The molecule has 2 aromatic carbocycles. The number of hydrogen-bond donors (Lipinski definition) is 3. The largest absolute Gasteiger partial charge is 0.463 e. The van der Waals surface area contributed by atoms with E-state index in [1.165, 1.54) is 12.8 Å². The number of carbonyl (C=O) groups excluding carboxylic acids is 1. The SMILES string of the molecule is O=C(CCC1CCCC1)OC[C@H]1O[C@@H](OC(COCc2ccccc2)COCc2ccccc2)[C@H](O)[C@@H](O)[C@H]1O. The Labute approximate surface area is 236 Å². The molecule has 0 aromatic heterocycles. The Bertz CT molecular complexity index is 937. The molecule has 40 heavy (non-hydrogen) atoms. The summed E-state index contributed by atoms with van der Waals surface area (Å²) in [6.07, 6.45) is -1.71. The van der Waals surface area contributed by atoms with Gasteiger partial charge in [-0.05, 0) is 23.5 Å². The molecule has 2 aromatic rings. The fourth-order valence-corrected chi connectivity index (χ4v) is 5.12. The first-order valence-corrected chi connectivity index (χ1v) is 14.2. The van der Waals surface area contributed by atoms with Crippen LogP contribution in [0.25, 0.3) is 0 Å². The Morgan fingerprint density at radius 2 is 1.40 bits per heavy atom. The van der Waals surface area contributed by atoms with Gasteiger partial charge in [0.05, 0.1) is 26.4 Å². The quantitative estimate of drug-likeness (QED) is 0.283. The van der Waals surface area contributed by atoms with Crippen LogP contribution in [-0.4, -0.2) is 77.9 Å². The average molecular weight is 559 g/mol. The van der Waals surface area contributed by atoms with Crippen LogP contribution in [0, 0.1) is 5.92 Å². The fraction of sp³-hybridized carbons (Fsp3) is 0.581. The summed E-state index contributed by atoms with van der Waals surface area (Å²) in [5.74, 6) is 0.186. The first-order valence-electron chi connectivity index (χ1n) is 14.2. The summed E-state index contributed by atoms with van der Waals surface area (Å²) in [4.78, 5) is 12.3. The Balaban J connectivity index is 1.30. The van der Waals surface area contributed by atoms with Crippen LogP contribution in [0.3, 0.4) is 0 Å². The van der Waals surface area contributed by atoms with Crippen LogP contribution < -0.4 is 0 Å². The van der Waals surface area contributed by atoms with Crippen molar-refractivity contribution in [1.29, 1.82) is 0 Å². The second-order valence-electron chi connectivity index (χ2n) is 10.6. The van der Waals surface area contributed by atoms with E-state index in [0.29, 0.717) is 25.6 Å². The van der Waals surface area contributed by atoms with Crippen LogP contribution in [0.15, 0.2) is 60.7 Å². The molecule has 0 amide bonds. The Morgan fingerprint density at radius 3 is 1.98 bits per heavy atom. The summed E-state index contributed by atoms with van der Waals surface area (Å²) in [5, 5.41) is 31.6. The highest BCUT2D eigenvalue weighted by molar-refractivity contribution is 5.69. The van der Waals surface area contributed by atoms with Gasteiger partial charge in [-0.2, -0.15) is 0 Å². The van der Waals surface area contributed by atoms with Crippen LogP contribution in [0.4, 0.5) is 0 Å². The predicted molar refractivity (Wildman–Crippen MR) is 146 cm³/mol. The van der Waals surface area contributed by atoms with Gasteiger partial charge in [0.2, 0.25) is 0 Å². The molecule has 1 aliphatic heterocycles. The van der Waals surface area contributed by atoms with Crippen molar-refractivity contribution in [3.63, 3.8) is 0 Å². The molecule has 1 saturated carbocycles. The number of hydrogen-bond acceptors (Lipinski definition) is 9. The van der Waals surface area contributed by atoms with Crippen molar-refractivity contribution in [3.8, 4) is 0 Å². The maximum atomic E-state index is 12.3. The van der Waals surface area contributed by atoms with Crippen molar-refractivity contribution in [2.45, 2.75) is 88.5 Å². The summed E-state index contributed by atoms with van der Waals surface area (Å²) < 4.78 is 28.9. The lowest BCUT2D eigenvalue weighted by Gasteiger charge is -2.41. The van der Waals surface area contributed by atoms with Crippen molar-refractivity contribution in [1.82, 2.24) is 0 Å². The smallest absolute Gasteiger partial charge is 0.305 e. The van der Waals surface area contributed by atoms with Gasteiger partial charge in [0.1, 0.15) is 37.1 Å². The highest BCUT2D eigenvalue weighted by Crippen LogP contribution is 2.29. The standard InChI is InChI=1S/C31H42O9/c32-27(16-15-22-9-7-8-10-22)38-21-26-28(33)29(34)30(35)31(40-26)39-25(19-36-17-23-11-3-1-4-12-23)20-37-18-24-13-5-2-6-14-24/h1-6,11-14,22,25-26,28-31,33-35H,7-10,15-21H2/t26-,28+,29+,30-,31-/m1/s1. The molecule has 0 bridgehead atoms. The van der Waals surface area contributed by atoms with Gasteiger partial charge in [0.25, 0.3) is 0 Å². The molecule has 5 atom stereocenters. The zero-order valence-electron chi connectivity index (χ0n) is 22.9. The van der Waals surface area contributed by atoms with E-state index in [-0.39, 0.29) is 25.8 Å². The molecule has 1 aliphatic carbocycles. The van der Waals surface area contributed by atoms with E-state index in [9.17, 15) is 20.1 Å². The van der Waals surface area contributed by atoms with E-state index in [4.69, 9.17) is 23.7 Å². The third-order valence-corrected chi connectivity index (χ3v) is 7.47. The molecule has 220 valence electrons. The molecule has 4 rings (SSSR count). The molecule has 9 nitrogen and oxygen atoms in total. The van der Waals surface area contributed by atoms with Gasteiger partial charge in [0.15, 0.2) is 6.29 Å². The van der Waals surface area contributed by atoms with Gasteiger partial charge in [-0.1, -0.05) is 86.3 Å². The van der Waals surface area contributed by atoms with Gasteiger partial charge >= 0.3 is 5.97 Å². The maximum Gasteiger partial charge on any atom is 0.305 e. The average Bonchev–Trinajstić information content (AvgIpc) is 3.50. The summed E-state index contributed by atoms with van der Waals surface area (Å²) in [5.41, 5.74) is 1.99. The van der Waals surface area contributed by atoms with Crippen molar-refractivity contribution in [2.24, 2.45) is 5.92 Å². The number of benzene rings is 2. The normalized spacial score (nSPS) is 25.4. The molecule has 2 fully saturated rings. The number of aliphatic hydroxyl groups excluding tert-OH is 3. The lowest BCUT2D eigenvalue weighted by Crippen LogP contribution is -2.60. The number of esters is 1. The predicted octanol–water partition coefficient (Wildman–Crippen LogP) is 3.13. The van der Waals surface area contributed by atoms with Gasteiger partial charge in [-0.25, -0.2) is 0 Å². The second-order valence-corrected chi connectivity index (χ2v) is 10.6. The Hall–Kier alpha value is -2.37. The molecule has 0 unspecified atom stereocenters. The highest BCUT2D eigenvalue weighted by Gasteiger charge is 2.45. The molecule has 9 heteroatoms.